The van der Waals surface area contributed by atoms with Crippen molar-refractivity contribution in [3.8, 4) is 22.3 Å². The van der Waals surface area contributed by atoms with Gasteiger partial charge in [0.05, 0.1) is 10.5 Å². The zero-order valence-electron chi connectivity index (χ0n) is 18.8. The number of nitrogen functional groups attached to an aromatic ring is 1. The lowest BCUT2D eigenvalue weighted by atomic mass is 9.99. The average Bonchev–Trinajstić information content (AvgIpc) is 3.67. The van der Waals surface area contributed by atoms with Gasteiger partial charge in [-0.2, -0.15) is 0 Å². The van der Waals surface area contributed by atoms with E-state index in [1.165, 1.54) is 0 Å². The lowest BCUT2D eigenvalue weighted by Crippen LogP contribution is -2.34. The molecule has 2 aromatic carbocycles. The minimum absolute atomic E-state index is 0.0223. The van der Waals surface area contributed by atoms with E-state index in [1.54, 1.807) is 36.5 Å². The Balaban J connectivity index is 1.43. The van der Waals surface area contributed by atoms with Gasteiger partial charge in [0, 0.05) is 42.1 Å². The van der Waals surface area contributed by atoms with Gasteiger partial charge in [0.15, 0.2) is 0 Å². The smallest absolute Gasteiger partial charge is 0.253 e. The summed E-state index contributed by atoms with van der Waals surface area (Å²) in [5.74, 6) is 0.730. The number of carbonyl (C=O) groups is 1. The fraction of sp³-hybridized carbons (Fsp3) is 0.280. The van der Waals surface area contributed by atoms with Crippen LogP contribution in [0.1, 0.15) is 30.1 Å². The summed E-state index contributed by atoms with van der Waals surface area (Å²) in [7, 11) is -3.52. The fourth-order valence-electron chi connectivity index (χ4n) is 4.00. The van der Waals surface area contributed by atoms with Gasteiger partial charge in [-0.25, -0.2) is 18.1 Å². The third-order valence-electron chi connectivity index (χ3n) is 6.23. The first-order valence-electron chi connectivity index (χ1n) is 11.3. The summed E-state index contributed by atoms with van der Waals surface area (Å²) in [6.45, 7) is 3.06. The predicted octanol–water partition coefficient (Wildman–Crippen LogP) is 3.23. The maximum atomic E-state index is 12.5. The Kier molecular flexibility index (Phi) is 5.75. The molecular weight excluding hydrogens is 450 g/mol. The second-order valence-electron chi connectivity index (χ2n) is 8.99. The summed E-state index contributed by atoms with van der Waals surface area (Å²) in [4.78, 5) is 17.0. The molecule has 2 aliphatic rings. The van der Waals surface area contributed by atoms with E-state index in [9.17, 15) is 13.2 Å². The normalized spacial score (nSPS) is 17.9. The molecule has 1 saturated carbocycles. The number of carbonyl (C=O) groups excluding carboxylic acids is 1. The molecule has 1 fully saturated rings. The molecule has 34 heavy (non-hydrogen) atoms. The molecule has 2 heterocycles. The molecule has 5 rings (SSSR count). The number of aromatic nitrogens is 1. The Morgan fingerprint density at radius 3 is 2.50 bits per heavy atom. The van der Waals surface area contributed by atoms with E-state index in [0.29, 0.717) is 30.4 Å². The van der Waals surface area contributed by atoms with Crippen LogP contribution in [-0.4, -0.2) is 38.4 Å². The SMILES string of the molecule is CC1CNc2cc(-c3cc(-c4ccc(S(=O)(=O)NCC5CC5)cc4)cnc3N)ccc2C(=O)N1. The first-order valence-corrected chi connectivity index (χ1v) is 12.8. The van der Waals surface area contributed by atoms with E-state index in [-0.39, 0.29) is 16.8 Å². The first-order chi connectivity index (χ1) is 16.3. The first kappa shape index (κ1) is 22.4. The van der Waals surface area contributed by atoms with Gasteiger partial charge in [-0.05, 0) is 67.1 Å². The third-order valence-corrected chi connectivity index (χ3v) is 7.67. The second-order valence-corrected chi connectivity index (χ2v) is 10.8. The van der Waals surface area contributed by atoms with Crippen molar-refractivity contribution >= 4 is 27.4 Å². The van der Waals surface area contributed by atoms with Crippen molar-refractivity contribution in [1.29, 1.82) is 0 Å². The molecule has 1 aliphatic heterocycles. The van der Waals surface area contributed by atoms with Gasteiger partial charge < -0.3 is 16.4 Å². The number of sulfonamides is 1. The number of amides is 1. The molecule has 1 aromatic heterocycles. The van der Waals surface area contributed by atoms with Crippen molar-refractivity contribution in [2.24, 2.45) is 5.92 Å². The zero-order chi connectivity index (χ0) is 23.9. The number of nitrogens with one attached hydrogen (secondary N) is 3. The van der Waals surface area contributed by atoms with Crippen LogP contribution in [0.25, 0.3) is 22.3 Å². The average molecular weight is 478 g/mol. The van der Waals surface area contributed by atoms with Gasteiger partial charge in [0.1, 0.15) is 5.82 Å². The standard InChI is InChI=1S/C25H27N5O3S/c1-15-12-27-23-11-18(6-9-21(23)25(31)30-15)22-10-19(14-28-24(22)26)17-4-7-20(8-5-17)34(32,33)29-13-16-2-3-16/h4-11,14-16,27,29H,2-3,12-13H2,1H3,(H2,26,28)(H,30,31). The summed E-state index contributed by atoms with van der Waals surface area (Å²) in [6.07, 6.45) is 3.84. The van der Waals surface area contributed by atoms with E-state index >= 15 is 0 Å². The van der Waals surface area contributed by atoms with Crippen molar-refractivity contribution in [2.45, 2.75) is 30.7 Å². The highest BCUT2D eigenvalue weighted by Crippen LogP contribution is 2.33. The topological polar surface area (TPSA) is 126 Å². The number of fused-ring (bicyclic) bond motifs is 1. The Bertz CT molecular complexity index is 1350. The minimum Gasteiger partial charge on any atom is -0.383 e. The number of hydrogen-bond donors (Lipinski definition) is 4. The molecule has 3 aromatic rings. The van der Waals surface area contributed by atoms with Gasteiger partial charge >= 0.3 is 0 Å². The van der Waals surface area contributed by atoms with Crippen molar-refractivity contribution in [3.05, 3.63) is 60.3 Å². The van der Waals surface area contributed by atoms with Crippen LogP contribution >= 0.6 is 0 Å². The second kappa shape index (κ2) is 8.73. The molecule has 1 aliphatic carbocycles. The van der Waals surface area contributed by atoms with Crippen LogP contribution in [0.15, 0.2) is 59.6 Å². The van der Waals surface area contributed by atoms with Gasteiger partial charge in [-0.1, -0.05) is 18.2 Å². The third kappa shape index (κ3) is 4.62. The highest BCUT2D eigenvalue weighted by molar-refractivity contribution is 7.89. The van der Waals surface area contributed by atoms with Crippen LogP contribution in [0.3, 0.4) is 0 Å². The number of benzene rings is 2. The molecule has 0 saturated heterocycles. The lowest BCUT2D eigenvalue weighted by molar-refractivity contribution is 0.0945. The Morgan fingerprint density at radius 2 is 1.76 bits per heavy atom. The van der Waals surface area contributed by atoms with Crippen LogP contribution in [0, 0.1) is 5.92 Å². The van der Waals surface area contributed by atoms with Crippen LogP contribution < -0.4 is 21.1 Å². The van der Waals surface area contributed by atoms with E-state index in [0.717, 1.165) is 40.8 Å². The highest BCUT2D eigenvalue weighted by atomic mass is 32.2. The molecule has 0 bridgehead atoms. The van der Waals surface area contributed by atoms with Crippen molar-refractivity contribution < 1.29 is 13.2 Å². The molecule has 0 radical (unpaired) electrons. The number of rotatable bonds is 6. The number of pyridine rings is 1. The van der Waals surface area contributed by atoms with Gasteiger partial charge in [-0.15, -0.1) is 0 Å². The molecule has 1 unspecified atom stereocenters. The van der Waals surface area contributed by atoms with Crippen molar-refractivity contribution in [1.82, 2.24) is 15.0 Å². The van der Waals surface area contributed by atoms with Gasteiger partial charge in [0.25, 0.3) is 5.91 Å². The van der Waals surface area contributed by atoms with Crippen LogP contribution in [0.2, 0.25) is 0 Å². The van der Waals surface area contributed by atoms with E-state index in [1.807, 2.05) is 25.1 Å². The van der Waals surface area contributed by atoms with Crippen LogP contribution in [0.4, 0.5) is 11.5 Å². The number of nitrogens with two attached hydrogens (primary N) is 1. The molecular formula is C25H27N5O3S. The van der Waals surface area contributed by atoms with E-state index in [4.69, 9.17) is 5.73 Å². The quantitative estimate of drug-likeness (QED) is 0.432. The van der Waals surface area contributed by atoms with Crippen molar-refractivity contribution in [3.63, 3.8) is 0 Å². The molecule has 8 nitrogen and oxygen atoms in total. The largest absolute Gasteiger partial charge is 0.383 e. The predicted molar refractivity (Wildman–Crippen MR) is 133 cm³/mol. The highest BCUT2D eigenvalue weighted by Gasteiger charge is 2.24. The summed E-state index contributed by atoms with van der Waals surface area (Å²) in [6, 6.07) is 14.2. The Morgan fingerprint density at radius 1 is 1.03 bits per heavy atom. The maximum absolute atomic E-state index is 12.5. The van der Waals surface area contributed by atoms with Gasteiger partial charge in [-0.3, -0.25) is 4.79 Å². The van der Waals surface area contributed by atoms with E-state index < -0.39 is 10.0 Å². The van der Waals surface area contributed by atoms with E-state index in [2.05, 4.69) is 20.3 Å². The summed E-state index contributed by atoms with van der Waals surface area (Å²) in [5, 5.41) is 6.26. The Labute approximate surface area is 199 Å². The maximum Gasteiger partial charge on any atom is 0.253 e. The number of nitrogens with zero attached hydrogens (tertiary/aromatic N) is 1. The fourth-order valence-corrected chi connectivity index (χ4v) is 5.11. The molecule has 1 atom stereocenters. The van der Waals surface area contributed by atoms with Crippen LogP contribution in [-0.2, 0) is 10.0 Å². The zero-order valence-corrected chi connectivity index (χ0v) is 19.7. The molecule has 5 N–H and O–H groups in total. The Hall–Kier alpha value is -3.43. The summed E-state index contributed by atoms with van der Waals surface area (Å²) >= 11 is 0. The summed E-state index contributed by atoms with van der Waals surface area (Å²) in [5.41, 5.74) is 10.8. The molecule has 0 spiro atoms. The van der Waals surface area contributed by atoms with Crippen LogP contribution in [0.5, 0.6) is 0 Å². The summed E-state index contributed by atoms with van der Waals surface area (Å²) < 4.78 is 27.7. The minimum atomic E-state index is -3.52. The number of anilines is 2. The lowest BCUT2D eigenvalue weighted by Gasteiger charge is -2.12. The molecule has 9 heteroatoms. The van der Waals surface area contributed by atoms with Crippen molar-refractivity contribution in [2.75, 3.05) is 24.1 Å². The monoisotopic (exact) mass is 477 g/mol. The number of hydrogen-bond acceptors (Lipinski definition) is 6. The molecule has 1 amide bonds. The van der Waals surface area contributed by atoms with Gasteiger partial charge in [0.2, 0.25) is 10.0 Å². The molecule has 176 valence electrons.